The lowest BCUT2D eigenvalue weighted by atomic mass is 9.98. The average molecular weight is 489 g/mol. The molecule has 1 amide bonds. The first-order valence-electron chi connectivity index (χ1n) is 11.6. The smallest absolute Gasteiger partial charge is 0.249 e. The van der Waals surface area contributed by atoms with Gasteiger partial charge in [0.05, 0.1) is 17.1 Å². The molecule has 8 heteroatoms. The van der Waals surface area contributed by atoms with E-state index >= 15 is 0 Å². The lowest BCUT2D eigenvalue weighted by molar-refractivity contribution is 0.100. The van der Waals surface area contributed by atoms with Gasteiger partial charge in [0.25, 0.3) is 0 Å². The Kier molecular flexibility index (Phi) is 6.04. The number of benzene rings is 3. The van der Waals surface area contributed by atoms with E-state index in [0.29, 0.717) is 28.7 Å². The number of nitrogens with one attached hydrogen (secondary N) is 1. The molecule has 0 saturated heterocycles. The summed E-state index contributed by atoms with van der Waals surface area (Å²) in [6.45, 7) is 3.95. The van der Waals surface area contributed by atoms with Gasteiger partial charge in [-0.2, -0.15) is 10.2 Å². The molecule has 8 nitrogen and oxygen atoms in total. The molecule has 0 fully saturated rings. The van der Waals surface area contributed by atoms with E-state index in [-0.39, 0.29) is 0 Å². The van der Waals surface area contributed by atoms with Crippen molar-refractivity contribution in [3.05, 3.63) is 95.2 Å². The Bertz CT molecular complexity index is 1670. The van der Waals surface area contributed by atoms with Gasteiger partial charge in [0.1, 0.15) is 11.3 Å². The number of hydrogen-bond donors (Lipinski definition) is 2. The van der Waals surface area contributed by atoms with Gasteiger partial charge in [-0.15, -0.1) is 0 Å². The number of fused-ring (bicyclic) bond motifs is 1. The third kappa shape index (κ3) is 4.70. The van der Waals surface area contributed by atoms with E-state index in [1.165, 1.54) is 0 Å². The van der Waals surface area contributed by atoms with Gasteiger partial charge in [0, 0.05) is 24.5 Å². The lowest BCUT2D eigenvalue weighted by Crippen LogP contribution is -2.10. The predicted octanol–water partition coefficient (Wildman–Crippen LogP) is 5.76. The summed E-state index contributed by atoms with van der Waals surface area (Å²) in [4.78, 5) is 20.9. The molecule has 2 heterocycles. The van der Waals surface area contributed by atoms with Crippen LogP contribution in [0.5, 0.6) is 11.6 Å². The monoisotopic (exact) mass is 488 g/mol. The fourth-order valence-corrected chi connectivity index (χ4v) is 4.27. The van der Waals surface area contributed by atoms with Crippen LogP contribution < -0.4 is 15.8 Å². The van der Waals surface area contributed by atoms with Crippen molar-refractivity contribution in [3.8, 4) is 28.8 Å². The SMILES string of the molecule is Cc1cc(-c2cccc(C(N)=O)c2)cc(C)c1Oc1nc(Nc2ccc(C#N)cc2)nc2ccn(C)c12. The highest BCUT2D eigenvalue weighted by Gasteiger charge is 2.17. The molecule has 37 heavy (non-hydrogen) atoms. The van der Waals surface area contributed by atoms with Gasteiger partial charge < -0.3 is 20.4 Å². The summed E-state index contributed by atoms with van der Waals surface area (Å²) in [5, 5.41) is 12.2. The Morgan fingerprint density at radius 3 is 2.41 bits per heavy atom. The second-order valence-electron chi connectivity index (χ2n) is 8.81. The van der Waals surface area contributed by atoms with Crippen LogP contribution in [0.2, 0.25) is 0 Å². The number of hydrogen-bond acceptors (Lipinski definition) is 6. The largest absolute Gasteiger partial charge is 0.436 e. The standard InChI is InChI=1S/C29H24N6O2/c1-17-13-22(20-5-4-6-21(15-20)27(31)36)14-18(2)26(17)37-28-25-24(11-12-35(25)3)33-29(34-28)32-23-9-7-19(16-30)8-10-23/h4-15H,1-3H3,(H2,31,36)(H,32,33,34). The molecule has 0 atom stereocenters. The number of aromatic nitrogens is 3. The topological polar surface area (TPSA) is 119 Å². The highest BCUT2D eigenvalue weighted by molar-refractivity contribution is 5.94. The second kappa shape index (κ2) is 9.47. The van der Waals surface area contributed by atoms with Gasteiger partial charge in [0.15, 0.2) is 0 Å². The molecule has 0 bridgehead atoms. The van der Waals surface area contributed by atoms with Crippen LogP contribution >= 0.6 is 0 Å². The van der Waals surface area contributed by atoms with Crippen LogP contribution in [-0.4, -0.2) is 20.4 Å². The number of anilines is 2. The summed E-state index contributed by atoms with van der Waals surface area (Å²) < 4.78 is 8.35. The Hall–Kier alpha value is -5.16. The zero-order valence-corrected chi connectivity index (χ0v) is 20.6. The maximum atomic E-state index is 11.6. The summed E-state index contributed by atoms with van der Waals surface area (Å²) in [7, 11) is 1.92. The number of carbonyl (C=O) groups excluding carboxylic acids is 1. The molecule has 3 aromatic carbocycles. The second-order valence-corrected chi connectivity index (χ2v) is 8.81. The van der Waals surface area contributed by atoms with Crippen molar-refractivity contribution in [2.75, 3.05) is 5.32 Å². The Morgan fingerprint density at radius 2 is 1.73 bits per heavy atom. The molecular formula is C29H24N6O2. The number of rotatable bonds is 6. The van der Waals surface area contributed by atoms with Crippen LogP contribution in [0.25, 0.3) is 22.2 Å². The number of nitrogens with two attached hydrogens (primary N) is 1. The van der Waals surface area contributed by atoms with Crippen molar-refractivity contribution in [1.82, 2.24) is 14.5 Å². The first-order valence-corrected chi connectivity index (χ1v) is 11.6. The molecule has 5 aromatic rings. The van der Waals surface area contributed by atoms with E-state index < -0.39 is 5.91 Å². The minimum Gasteiger partial charge on any atom is -0.436 e. The van der Waals surface area contributed by atoms with Gasteiger partial charge in [-0.05, 0) is 90.7 Å². The molecular weight excluding hydrogens is 464 g/mol. The molecule has 0 unspecified atom stereocenters. The van der Waals surface area contributed by atoms with Crippen LogP contribution in [-0.2, 0) is 7.05 Å². The highest BCUT2D eigenvalue weighted by Crippen LogP contribution is 2.36. The minimum absolute atomic E-state index is 0.383. The quantitative estimate of drug-likeness (QED) is 0.314. The number of ether oxygens (including phenoxy) is 1. The first-order chi connectivity index (χ1) is 17.8. The van der Waals surface area contributed by atoms with Crippen LogP contribution in [0.1, 0.15) is 27.0 Å². The molecule has 0 aliphatic heterocycles. The van der Waals surface area contributed by atoms with Gasteiger partial charge in [0.2, 0.25) is 17.7 Å². The molecule has 3 N–H and O–H groups in total. The van der Waals surface area contributed by atoms with E-state index in [1.807, 2.05) is 62.0 Å². The van der Waals surface area contributed by atoms with Gasteiger partial charge in [-0.25, -0.2) is 4.98 Å². The van der Waals surface area contributed by atoms with Gasteiger partial charge in [-0.3, -0.25) is 4.79 Å². The van der Waals surface area contributed by atoms with Crippen LogP contribution in [0.15, 0.2) is 72.9 Å². The third-order valence-electron chi connectivity index (χ3n) is 6.10. The predicted molar refractivity (Wildman–Crippen MR) is 143 cm³/mol. The van der Waals surface area contributed by atoms with Crippen molar-refractivity contribution >= 4 is 28.6 Å². The van der Waals surface area contributed by atoms with Gasteiger partial charge in [-0.1, -0.05) is 12.1 Å². The number of nitriles is 1. The van der Waals surface area contributed by atoms with E-state index in [2.05, 4.69) is 21.4 Å². The molecule has 0 radical (unpaired) electrons. The van der Waals surface area contributed by atoms with Crippen LogP contribution in [0.3, 0.4) is 0 Å². The normalized spacial score (nSPS) is 10.8. The van der Waals surface area contributed by atoms with E-state index in [1.54, 1.807) is 36.4 Å². The van der Waals surface area contributed by atoms with Crippen LogP contribution in [0, 0.1) is 25.2 Å². The summed E-state index contributed by atoms with van der Waals surface area (Å²) in [5.41, 5.74) is 12.5. The lowest BCUT2D eigenvalue weighted by Gasteiger charge is -2.16. The van der Waals surface area contributed by atoms with E-state index in [0.717, 1.165) is 39.0 Å². The molecule has 0 saturated carbocycles. The number of amides is 1. The van der Waals surface area contributed by atoms with Crippen molar-refractivity contribution in [2.24, 2.45) is 12.8 Å². The highest BCUT2D eigenvalue weighted by atomic mass is 16.5. The molecule has 2 aromatic heterocycles. The maximum Gasteiger partial charge on any atom is 0.249 e. The van der Waals surface area contributed by atoms with E-state index in [9.17, 15) is 4.79 Å². The van der Waals surface area contributed by atoms with Crippen molar-refractivity contribution in [3.63, 3.8) is 0 Å². The van der Waals surface area contributed by atoms with E-state index in [4.69, 9.17) is 15.7 Å². The van der Waals surface area contributed by atoms with Crippen LogP contribution in [0.4, 0.5) is 11.6 Å². The third-order valence-corrected chi connectivity index (χ3v) is 6.10. The zero-order valence-electron chi connectivity index (χ0n) is 20.6. The number of aryl methyl sites for hydroxylation is 3. The fraction of sp³-hybridized carbons (Fsp3) is 0.103. The number of primary amides is 1. The molecule has 0 spiro atoms. The van der Waals surface area contributed by atoms with Crippen molar-refractivity contribution in [1.29, 1.82) is 5.26 Å². The van der Waals surface area contributed by atoms with Crippen molar-refractivity contribution in [2.45, 2.75) is 13.8 Å². The molecule has 0 aliphatic carbocycles. The Labute approximate surface area is 214 Å². The summed E-state index contributed by atoms with van der Waals surface area (Å²) in [5.74, 6) is 1.04. The molecule has 182 valence electrons. The number of carbonyl (C=O) groups is 1. The Balaban J connectivity index is 1.52. The first kappa shape index (κ1) is 23.6. The van der Waals surface area contributed by atoms with Gasteiger partial charge >= 0.3 is 0 Å². The fourth-order valence-electron chi connectivity index (χ4n) is 4.27. The zero-order chi connectivity index (χ0) is 26.1. The molecule has 0 aliphatic rings. The summed E-state index contributed by atoms with van der Waals surface area (Å²) in [6.07, 6.45) is 1.91. The molecule has 5 rings (SSSR count). The summed E-state index contributed by atoms with van der Waals surface area (Å²) in [6, 6.07) is 22.4. The maximum absolute atomic E-state index is 11.6. The Morgan fingerprint density at radius 1 is 1.00 bits per heavy atom. The summed E-state index contributed by atoms with van der Waals surface area (Å²) >= 11 is 0. The number of nitrogens with zero attached hydrogens (tertiary/aromatic N) is 4. The van der Waals surface area contributed by atoms with Crippen molar-refractivity contribution < 1.29 is 9.53 Å². The minimum atomic E-state index is -0.462. The average Bonchev–Trinajstić information content (AvgIpc) is 3.27.